The van der Waals surface area contributed by atoms with Gasteiger partial charge in [-0.2, -0.15) is 0 Å². The Balaban J connectivity index is 1.77. The Labute approximate surface area is 103 Å². The fourth-order valence-corrected chi connectivity index (χ4v) is 3.10. The SMILES string of the molecule is Cc1ccc(C2CNCC3(CCCC3)O2)cc1. The first kappa shape index (κ1) is 11.2. The van der Waals surface area contributed by atoms with Crippen molar-refractivity contribution in [1.82, 2.24) is 5.32 Å². The van der Waals surface area contributed by atoms with E-state index >= 15 is 0 Å². The summed E-state index contributed by atoms with van der Waals surface area (Å²) in [5.74, 6) is 0. The zero-order chi connectivity index (χ0) is 11.7. The molecule has 1 unspecified atom stereocenters. The second-order valence-electron chi connectivity index (χ2n) is 5.54. The first-order valence-electron chi connectivity index (χ1n) is 6.73. The maximum Gasteiger partial charge on any atom is 0.0957 e. The summed E-state index contributed by atoms with van der Waals surface area (Å²) in [7, 11) is 0. The summed E-state index contributed by atoms with van der Waals surface area (Å²) in [5.41, 5.74) is 2.76. The summed E-state index contributed by atoms with van der Waals surface area (Å²) >= 11 is 0. The Morgan fingerprint density at radius 2 is 1.88 bits per heavy atom. The van der Waals surface area contributed by atoms with Gasteiger partial charge < -0.3 is 10.1 Å². The molecule has 2 fully saturated rings. The second-order valence-corrected chi connectivity index (χ2v) is 5.54. The minimum absolute atomic E-state index is 0.133. The highest BCUT2D eigenvalue weighted by Crippen LogP contribution is 2.39. The Morgan fingerprint density at radius 3 is 2.59 bits per heavy atom. The van der Waals surface area contributed by atoms with Crippen molar-refractivity contribution in [2.75, 3.05) is 13.1 Å². The van der Waals surface area contributed by atoms with Gasteiger partial charge in [-0.1, -0.05) is 42.7 Å². The Bertz CT molecular complexity index is 378. The number of nitrogens with one attached hydrogen (secondary N) is 1. The van der Waals surface area contributed by atoms with Crippen LogP contribution in [0.15, 0.2) is 24.3 Å². The predicted molar refractivity (Wildman–Crippen MR) is 69.1 cm³/mol. The molecular formula is C15H21NO. The maximum atomic E-state index is 6.40. The lowest BCUT2D eigenvalue weighted by atomic mass is 9.97. The molecule has 1 aliphatic heterocycles. The smallest absolute Gasteiger partial charge is 0.0957 e. The van der Waals surface area contributed by atoms with Crippen LogP contribution in [0.2, 0.25) is 0 Å². The first-order valence-corrected chi connectivity index (χ1v) is 6.73. The van der Waals surface area contributed by atoms with E-state index in [0.717, 1.165) is 13.1 Å². The van der Waals surface area contributed by atoms with Crippen LogP contribution in [0.5, 0.6) is 0 Å². The van der Waals surface area contributed by atoms with Gasteiger partial charge in [-0.25, -0.2) is 0 Å². The van der Waals surface area contributed by atoms with Gasteiger partial charge in [0.15, 0.2) is 0 Å². The highest BCUT2D eigenvalue weighted by molar-refractivity contribution is 5.24. The molecule has 0 bridgehead atoms. The van der Waals surface area contributed by atoms with E-state index in [-0.39, 0.29) is 11.7 Å². The molecule has 92 valence electrons. The lowest BCUT2D eigenvalue weighted by molar-refractivity contribution is -0.114. The van der Waals surface area contributed by atoms with Crippen molar-refractivity contribution in [3.63, 3.8) is 0 Å². The van der Waals surface area contributed by atoms with Gasteiger partial charge in [0.25, 0.3) is 0 Å². The molecule has 2 nitrogen and oxygen atoms in total. The molecule has 0 aromatic heterocycles. The van der Waals surface area contributed by atoms with E-state index in [0.29, 0.717) is 0 Å². The number of ether oxygens (including phenoxy) is 1. The van der Waals surface area contributed by atoms with Crippen molar-refractivity contribution in [2.24, 2.45) is 0 Å². The van der Waals surface area contributed by atoms with Crippen molar-refractivity contribution in [3.8, 4) is 0 Å². The number of hydrogen-bond acceptors (Lipinski definition) is 2. The summed E-state index contributed by atoms with van der Waals surface area (Å²) < 4.78 is 6.40. The van der Waals surface area contributed by atoms with E-state index in [4.69, 9.17) is 4.74 Å². The average Bonchev–Trinajstić information content (AvgIpc) is 2.78. The van der Waals surface area contributed by atoms with Crippen LogP contribution in [-0.4, -0.2) is 18.7 Å². The molecule has 1 aromatic rings. The average molecular weight is 231 g/mol. The van der Waals surface area contributed by atoms with Crippen molar-refractivity contribution in [1.29, 1.82) is 0 Å². The molecule has 0 amide bonds. The molecule has 1 saturated heterocycles. The third-order valence-electron chi connectivity index (χ3n) is 4.13. The molecule has 1 saturated carbocycles. The van der Waals surface area contributed by atoms with Crippen LogP contribution in [0, 0.1) is 6.92 Å². The van der Waals surface area contributed by atoms with Crippen molar-refractivity contribution in [2.45, 2.75) is 44.3 Å². The van der Waals surface area contributed by atoms with Crippen LogP contribution in [0.3, 0.4) is 0 Å². The summed E-state index contributed by atoms with van der Waals surface area (Å²) in [6, 6.07) is 8.76. The molecule has 17 heavy (non-hydrogen) atoms. The van der Waals surface area contributed by atoms with E-state index < -0.39 is 0 Å². The molecule has 1 atom stereocenters. The lowest BCUT2D eigenvalue weighted by Gasteiger charge is -2.39. The summed E-state index contributed by atoms with van der Waals surface area (Å²) in [4.78, 5) is 0. The van der Waals surface area contributed by atoms with Crippen LogP contribution >= 0.6 is 0 Å². The van der Waals surface area contributed by atoms with E-state index in [9.17, 15) is 0 Å². The molecular weight excluding hydrogens is 210 g/mol. The molecule has 2 heteroatoms. The van der Waals surface area contributed by atoms with Crippen LogP contribution in [-0.2, 0) is 4.74 Å². The maximum absolute atomic E-state index is 6.40. The molecule has 3 rings (SSSR count). The Hall–Kier alpha value is -0.860. The van der Waals surface area contributed by atoms with Crippen molar-refractivity contribution >= 4 is 0 Å². The summed E-state index contributed by atoms with van der Waals surface area (Å²) in [6.45, 7) is 4.11. The molecule has 1 spiro atoms. The number of aryl methyl sites for hydroxylation is 1. The van der Waals surface area contributed by atoms with Crippen LogP contribution in [0.4, 0.5) is 0 Å². The standard InChI is InChI=1S/C15H21NO/c1-12-4-6-13(7-5-12)14-10-16-11-15(17-14)8-2-3-9-15/h4-7,14,16H,2-3,8-11H2,1H3. The van der Waals surface area contributed by atoms with Gasteiger partial charge in [0.1, 0.15) is 0 Å². The largest absolute Gasteiger partial charge is 0.364 e. The third kappa shape index (κ3) is 2.24. The van der Waals surface area contributed by atoms with Crippen LogP contribution in [0.25, 0.3) is 0 Å². The second kappa shape index (κ2) is 4.43. The number of hydrogen-bond donors (Lipinski definition) is 1. The van der Waals surface area contributed by atoms with Gasteiger partial charge in [-0.3, -0.25) is 0 Å². The van der Waals surface area contributed by atoms with Crippen LogP contribution in [0.1, 0.15) is 42.9 Å². The van der Waals surface area contributed by atoms with Gasteiger partial charge in [0.2, 0.25) is 0 Å². The fourth-order valence-electron chi connectivity index (χ4n) is 3.10. The number of benzene rings is 1. The van der Waals surface area contributed by atoms with Crippen LogP contribution < -0.4 is 5.32 Å². The van der Waals surface area contributed by atoms with Gasteiger partial charge in [0, 0.05) is 13.1 Å². The lowest BCUT2D eigenvalue weighted by Crippen LogP contribution is -2.49. The zero-order valence-corrected chi connectivity index (χ0v) is 10.5. The predicted octanol–water partition coefficient (Wildman–Crippen LogP) is 2.97. The Morgan fingerprint density at radius 1 is 1.18 bits per heavy atom. The van der Waals surface area contributed by atoms with Crippen molar-refractivity contribution in [3.05, 3.63) is 35.4 Å². The van der Waals surface area contributed by atoms with Gasteiger partial charge >= 0.3 is 0 Å². The monoisotopic (exact) mass is 231 g/mol. The third-order valence-corrected chi connectivity index (χ3v) is 4.13. The molecule has 1 aliphatic carbocycles. The highest BCUT2D eigenvalue weighted by Gasteiger charge is 2.39. The van der Waals surface area contributed by atoms with Gasteiger partial charge in [-0.15, -0.1) is 0 Å². The molecule has 1 N–H and O–H groups in total. The van der Waals surface area contributed by atoms with Gasteiger partial charge in [0.05, 0.1) is 11.7 Å². The van der Waals surface area contributed by atoms with E-state index in [1.165, 1.54) is 36.8 Å². The summed E-state index contributed by atoms with van der Waals surface area (Å²) in [6.07, 6.45) is 5.33. The molecule has 1 heterocycles. The topological polar surface area (TPSA) is 21.3 Å². The highest BCUT2D eigenvalue weighted by atomic mass is 16.5. The van der Waals surface area contributed by atoms with Crippen molar-refractivity contribution < 1.29 is 4.74 Å². The van der Waals surface area contributed by atoms with E-state index in [2.05, 4.69) is 36.5 Å². The number of morpholine rings is 1. The molecule has 2 aliphatic rings. The zero-order valence-electron chi connectivity index (χ0n) is 10.5. The number of rotatable bonds is 1. The Kier molecular flexibility index (Phi) is 2.93. The first-order chi connectivity index (χ1) is 8.27. The quantitative estimate of drug-likeness (QED) is 0.802. The summed E-state index contributed by atoms with van der Waals surface area (Å²) in [5, 5.41) is 3.56. The normalized spacial score (nSPS) is 27.5. The minimum Gasteiger partial charge on any atom is -0.364 e. The fraction of sp³-hybridized carbons (Fsp3) is 0.600. The van der Waals surface area contributed by atoms with E-state index in [1.54, 1.807) is 0 Å². The molecule has 1 aromatic carbocycles. The molecule has 0 radical (unpaired) electrons. The van der Waals surface area contributed by atoms with Gasteiger partial charge in [-0.05, 0) is 25.3 Å². The minimum atomic E-state index is 0.133. The van der Waals surface area contributed by atoms with E-state index in [1.807, 2.05) is 0 Å².